The van der Waals surface area contributed by atoms with E-state index >= 15 is 0 Å². The Morgan fingerprint density at radius 2 is 2.00 bits per heavy atom. The smallest absolute Gasteiger partial charge is 0.172 e. The van der Waals surface area contributed by atoms with Crippen LogP contribution >= 0.6 is 23.2 Å². The monoisotopic (exact) mass is 242 g/mol. The van der Waals surface area contributed by atoms with Crippen molar-refractivity contribution in [3.05, 3.63) is 28.2 Å². The second-order valence-electron chi connectivity index (χ2n) is 2.03. The third-order valence-corrected chi connectivity index (χ3v) is 3.56. The maximum atomic E-state index is 11.0. The molecule has 0 aliphatic heterocycles. The Bertz CT molecular complexity index is 400. The van der Waals surface area contributed by atoms with Crippen LogP contribution in [0.5, 0.6) is 0 Å². The van der Waals surface area contributed by atoms with Crippen LogP contribution in [0.15, 0.2) is 23.1 Å². The van der Waals surface area contributed by atoms with E-state index in [4.69, 9.17) is 27.8 Å². The third kappa shape index (κ3) is 2.08. The van der Waals surface area contributed by atoms with Gasteiger partial charge in [-0.25, -0.2) is 4.21 Å². The van der Waals surface area contributed by atoms with Crippen molar-refractivity contribution in [2.24, 2.45) is 0 Å². The summed E-state index contributed by atoms with van der Waals surface area (Å²) in [5, 5.41) is 0.266. The Labute approximate surface area is 85.0 Å². The lowest BCUT2D eigenvalue weighted by molar-refractivity contribution is 0.562. The molecule has 0 bridgehead atoms. The van der Waals surface area contributed by atoms with Gasteiger partial charge in [0.05, 0.1) is 14.9 Å². The molecule has 12 heavy (non-hydrogen) atoms. The molecule has 0 amide bonds. The standard InChI is InChI=1S/C6H4Cl2O2S2/c7-4-2-1-3-5(6(4)8)12(9,10)11/h1-3H,(H,9,10,11). The Morgan fingerprint density at radius 3 is 2.42 bits per heavy atom. The highest BCUT2D eigenvalue weighted by atomic mass is 35.5. The Kier molecular flexibility index (Phi) is 2.96. The van der Waals surface area contributed by atoms with Gasteiger partial charge in [0.15, 0.2) is 8.77 Å². The van der Waals surface area contributed by atoms with Crippen LogP contribution in [-0.2, 0) is 20.0 Å². The second-order valence-corrected chi connectivity index (χ2v) is 5.56. The fourth-order valence-corrected chi connectivity index (χ4v) is 2.49. The van der Waals surface area contributed by atoms with Crippen molar-refractivity contribution in [3.8, 4) is 0 Å². The Hall–Kier alpha value is 0.130. The van der Waals surface area contributed by atoms with Crippen LogP contribution in [0.1, 0.15) is 0 Å². The van der Waals surface area contributed by atoms with Gasteiger partial charge >= 0.3 is 0 Å². The summed E-state index contributed by atoms with van der Waals surface area (Å²) in [5.41, 5.74) is 0. The van der Waals surface area contributed by atoms with E-state index in [1.54, 1.807) is 0 Å². The van der Waals surface area contributed by atoms with Crippen molar-refractivity contribution in [1.82, 2.24) is 0 Å². The van der Waals surface area contributed by atoms with E-state index in [0.29, 0.717) is 0 Å². The highest BCUT2D eigenvalue weighted by Crippen LogP contribution is 2.28. The molecule has 0 aliphatic carbocycles. The minimum atomic E-state index is -3.44. The molecule has 0 saturated heterocycles. The van der Waals surface area contributed by atoms with Gasteiger partial charge in [-0.3, -0.25) is 0 Å². The van der Waals surface area contributed by atoms with Gasteiger partial charge in [0, 0.05) is 11.2 Å². The summed E-state index contributed by atoms with van der Waals surface area (Å²) < 4.78 is 20.0. The fourth-order valence-electron chi connectivity index (χ4n) is 0.683. The molecule has 1 unspecified atom stereocenters. The fraction of sp³-hybridized carbons (Fsp3) is 0. The van der Waals surface area contributed by atoms with Crippen molar-refractivity contribution in [3.63, 3.8) is 0 Å². The van der Waals surface area contributed by atoms with Crippen molar-refractivity contribution >= 4 is 43.2 Å². The number of halogens is 2. The molecule has 6 heteroatoms. The largest absolute Gasteiger partial charge is 0.302 e. The zero-order valence-corrected chi connectivity index (χ0v) is 8.80. The van der Waals surface area contributed by atoms with Crippen molar-refractivity contribution in [1.29, 1.82) is 0 Å². The van der Waals surface area contributed by atoms with Crippen LogP contribution in [0.3, 0.4) is 0 Å². The topological polar surface area (TPSA) is 37.3 Å². The summed E-state index contributed by atoms with van der Waals surface area (Å²) >= 11 is 15.6. The number of rotatable bonds is 1. The summed E-state index contributed by atoms with van der Waals surface area (Å²) in [5.74, 6) is 0. The zero-order valence-electron chi connectivity index (χ0n) is 5.66. The molecule has 0 saturated carbocycles. The lowest BCUT2D eigenvalue weighted by atomic mass is 10.4. The molecule has 0 fully saturated rings. The van der Waals surface area contributed by atoms with Crippen molar-refractivity contribution < 1.29 is 8.76 Å². The number of hydrogen-bond donors (Lipinski definition) is 1. The van der Waals surface area contributed by atoms with Gasteiger partial charge in [-0.2, -0.15) is 0 Å². The minimum Gasteiger partial charge on any atom is -0.302 e. The first-order valence-electron chi connectivity index (χ1n) is 2.84. The zero-order chi connectivity index (χ0) is 9.35. The molecule has 0 spiro atoms. The summed E-state index contributed by atoms with van der Waals surface area (Å²) in [6.07, 6.45) is 0. The summed E-state index contributed by atoms with van der Waals surface area (Å²) in [6.45, 7) is 0. The maximum Gasteiger partial charge on any atom is 0.172 e. The lowest BCUT2D eigenvalue weighted by Crippen LogP contribution is -1.96. The average Bonchev–Trinajstić information content (AvgIpc) is 1.92. The summed E-state index contributed by atoms with van der Waals surface area (Å²) in [7, 11) is -3.44. The van der Waals surface area contributed by atoms with Crippen LogP contribution < -0.4 is 0 Å². The van der Waals surface area contributed by atoms with Crippen LogP contribution in [-0.4, -0.2) is 8.76 Å². The molecule has 1 aromatic carbocycles. The normalized spacial score (nSPS) is 15.6. The van der Waals surface area contributed by atoms with E-state index in [2.05, 4.69) is 11.2 Å². The first-order valence-corrected chi connectivity index (χ1v) is 6.04. The van der Waals surface area contributed by atoms with Crippen LogP contribution in [0.25, 0.3) is 0 Å². The van der Waals surface area contributed by atoms with Gasteiger partial charge in [0.1, 0.15) is 0 Å². The lowest BCUT2D eigenvalue weighted by Gasteiger charge is -2.02. The number of hydrogen-bond acceptors (Lipinski definition) is 2. The van der Waals surface area contributed by atoms with Gasteiger partial charge in [-0.1, -0.05) is 29.3 Å². The first-order chi connectivity index (χ1) is 5.43. The Balaban J connectivity index is 3.47. The first kappa shape index (κ1) is 10.2. The molecule has 0 radical (unpaired) electrons. The van der Waals surface area contributed by atoms with Crippen molar-refractivity contribution in [2.45, 2.75) is 4.90 Å². The van der Waals surface area contributed by atoms with E-state index in [9.17, 15) is 4.21 Å². The molecule has 0 aliphatic rings. The van der Waals surface area contributed by atoms with Crippen LogP contribution in [0.2, 0.25) is 10.0 Å². The van der Waals surface area contributed by atoms with Gasteiger partial charge in [-0.15, -0.1) is 0 Å². The van der Waals surface area contributed by atoms with Crippen LogP contribution in [0, 0.1) is 0 Å². The quantitative estimate of drug-likeness (QED) is 0.823. The molecule has 1 rings (SSSR count). The highest BCUT2D eigenvalue weighted by molar-refractivity contribution is 8.29. The van der Waals surface area contributed by atoms with Gasteiger partial charge in [0.25, 0.3) is 0 Å². The maximum absolute atomic E-state index is 11.0. The molecule has 1 aromatic rings. The molecule has 1 atom stereocenters. The molecule has 2 nitrogen and oxygen atoms in total. The second kappa shape index (κ2) is 3.47. The van der Waals surface area contributed by atoms with E-state index in [0.717, 1.165) is 0 Å². The van der Waals surface area contributed by atoms with Gasteiger partial charge < -0.3 is 4.55 Å². The molecule has 66 valence electrons. The van der Waals surface area contributed by atoms with Crippen LogP contribution in [0.4, 0.5) is 0 Å². The minimum absolute atomic E-state index is 0.00772. The number of benzene rings is 1. The highest BCUT2D eigenvalue weighted by Gasteiger charge is 2.12. The predicted octanol–water partition coefficient (Wildman–Crippen LogP) is 2.57. The average molecular weight is 243 g/mol. The van der Waals surface area contributed by atoms with E-state index in [-0.39, 0.29) is 14.9 Å². The summed E-state index contributed by atoms with van der Waals surface area (Å²) in [6, 6.07) is 4.42. The predicted molar refractivity (Wildman–Crippen MR) is 52.9 cm³/mol. The molecule has 1 N–H and O–H groups in total. The van der Waals surface area contributed by atoms with E-state index in [1.165, 1.54) is 18.2 Å². The Morgan fingerprint density at radius 1 is 1.42 bits per heavy atom. The van der Waals surface area contributed by atoms with Crippen molar-refractivity contribution in [2.75, 3.05) is 0 Å². The molecular weight excluding hydrogens is 239 g/mol. The van der Waals surface area contributed by atoms with Gasteiger partial charge in [-0.05, 0) is 12.1 Å². The van der Waals surface area contributed by atoms with E-state index < -0.39 is 8.77 Å². The van der Waals surface area contributed by atoms with E-state index in [1.807, 2.05) is 0 Å². The molecular formula is C6H4Cl2O2S2. The third-order valence-electron chi connectivity index (χ3n) is 1.19. The van der Waals surface area contributed by atoms with Gasteiger partial charge in [0.2, 0.25) is 0 Å². The summed E-state index contributed by atoms with van der Waals surface area (Å²) in [4.78, 5) is -0.00772. The molecule has 0 aromatic heterocycles. The SMILES string of the molecule is O=S(O)(=S)c1cccc(Cl)c1Cl. The molecule has 0 heterocycles.